The topological polar surface area (TPSA) is 98.1 Å². The quantitative estimate of drug-likeness (QED) is 0.748. The second kappa shape index (κ2) is 7.28. The number of nitrogens with zero attached hydrogens (tertiary/aromatic N) is 6. The van der Waals surface area contributed by atoms with E-state index in [4.69, 9.17) is 4.74 Å². The number of hydrogen-bond donors (Lipinski definition) is 1. The standard InChI is InChI=1S/C18H21N7O2/c1-12-8-24(9-13(2)27-12)17(26)11-25-10-14(7-21-25)22-16-4-3-15-18(23-16)20-6-5-19-15/h3-7,10,12-13H,8-9,11H2,1-2H3,(H,20,22,23). The van der Waals surface area contributed by atoms with Gasteiger partial charge >= 0.3 is 0 Å². The number of amides is 1. The van der Waals surface area contributed by atoms with Crippen molar-refractivity contribution in [3.63, 3.8) is 0 Å². The predicted octanol–water partition coefficient (Wildman–Crippen LogP) is 1.60. The normalized spacial score (nSPS) is 20.0. The van der Waals surface area contributed by atoms with Gasteiger partial charge in [-0.25, -0.2) is 9.97 Å². The number of nitrogens with one attached hydrogen (secondary N) is 1. The fourth-order valence-corrected chi connectivity index (χ4v) is 3.21. The smallest absolute Gasteiger partial charge is 0.244 e. The van der Waals surface area contributed by atoms with Gasteiger partial charge in [0.1, 0.15) is 17.9 Å². The molecule has 27 heavy (non-hydrogen) atoms. The van der Waals surface area contributed by atoms with Crippen molar-refractivity contribution in [3.8, 4) is 0 Å². The van der Waals surface area contributed by atoms with Crippen molar-refractivity contribution in [1.29, 1.82) is 0 Å². The molecule has 1 amide bonds. The van der Waals surface area contributed by atoms with Crippen LogP contribution in [0.5, 0.6) is 0 Å². The van der Waals surface area contributed by atoms with Crippen LogP contribution in [-0.4, -0.2) is 60.8 Å². The summed E-state index contributed by atoms with van der Waals surface area (Å²) in [5.74, 6) is 0.676. The maximum absolute atomic E-state index is 12.5. The van der Waals surface area contributed by atoms with Crippen LogP contribution in [0, 0.1) is 0 Å². The zero-order valence-corrected chi connectivity index (χ0v) is 15.2. The van der Waals surface area contributed by atoms with Gasteiger partial charge in [-0.2, -0.15) is 5.10 Å². The van der Waals surface area contributed by atoms with E-state index in [-0.39, 0.29) is 24.7 Å². The monoisotopic (exact) mass is 367 g/mol. The Morgan fingerprint density at radius 1 is 1.22 bits per heavy atom. The number of fused-ring (bicyclic) bond motifs is 1. The Morgan fingerprint density at radius 3 is 2.81 bits per heavy atom. The van der Waals surface area contributed by atoms with Crippen LogP contribution >= 0.6 is 0 Å². The summed E-state index contributed by atoms with van der Waals surface area (Å²) in [4.78, 5) is 27.2. The second-order valence-corrected chi connectivity index (χ2v) is 6.70. The van der Waals surface area contributed by atoms with Crippen LogP contribution in [0.15, 0.2) is 36.9 Å². The van der Waals surface area contributed by atoms with Gasteiger partial charge in [0.05, 0.1) is 24.1 Å². The lowest BCUT2D eigenvalue weighted by Gasteiger charge is -2.35. The third kappa shape index (κ3) is 4.03. The highest BCUT2D eigenvalue weighted by atomic mass is 16.5. The fourth-order valence-electron chi connectivity index (χ4n) is 3.21. The average Bonchev–Trinajstić information content (AvgIpc) is 3.07. The first kappa shape index (κ1) is 17.3. The molecular formula is C18H21N7O2. The minimum Gasteiger partial charge on any atom is -0.372 e. The average molecular weight is 367 g/mol. The van der Waals surface area contributed by atoms with Gasteiger partial charge in [-0.1, -0.05) is 0 Å². The number of hydrogen-bond acceptors (Lipinski definition) is 7. The van der Waals surface area contributed by atoms with E-state index in [1.54, 1.807) is 29.5 Å². The van der Waals surface area contributed by atoms with Crippen LogP contribution in [0.3, 0.4) is 0 Å². The Morgan fingerprint density at radius 2 is 2.00 bits per heavy atom. The number of aromatic nitrogens is 5. The lowest BCUT2D eigenvalue weighted by atomic mass is 10.2. The maximum atomic E-state index is 12.5. The first-order valence-electron chi connectivity index (χ1n) is 8.87. The van der Waals surface area contributed by atoms with Crippen LogP contribution in [0.25, 0.3) is 11.2 Å². The Kier molecular flexibility index (Phi) is 4.68. The molecule has 140 valence electrons. The van der Waals surface area contributed by atoms with Crippen molar-refractivity contribution in [1.82, 2.24) is 29.6 Å². The highest BCUT2D eigenvalue weighted by molar-refractivity contribution is 5.76. The predicted molar refractivity (Wildman–Crippen MR) is 99.4 cm³/mol. The molecule has 0 saturated carbocycles. The van der Waals surface area contributed by atoms with Gasteiger partial charge in [-0.15, -0.1) is 0 Å². The molecule has 1 fully saturated rings. The summed E-state index contributed by atoms with van der Waals surface area (Å²) in [6.07, 6.45) is 6.79. The molecule has 1 aliphatic rings. The summed E-state index contributed by atoms with van der Waals surface area (Å²) in [6.45, 7) is 5.37. The van der Waals surface area contributed by atoms with E-state index in [0.717, 1.165) is 11.2 Å². The summed E-state index contributed by atoms with van der Waals surface area (Å²) in [7, 11) is 0. The minimum atomic E-state index is 0.0331. The molecule has 9 heteroatoms. The molecule has 0 spiro atoms. The van der Waals surface area contributed by atoms with E-state index in [1.165, 1.54) is 0 Å². The summed E-state index contributed by atoms with van der Waals surface area (Å²) in [6, 6.07) is 3.68. The number of carbonyl (C=O) groups is 1. The summed E-state index contributed by atoms with van der Waals surface area (Å²) in [5, 5.41) is 7.44. The van der Waals surface area contributed by atoms with Gasteiger partial charge in [0.15, 0.2) is 5.65 Å². The number of carbonyl (C=O) groups excluding carboxylic acids is 1. The highest BCUT2D eigenvalue weighted by Crippen LogP contribution is 2.16. The van der Waals surface area contributed by atoms with E-state index in [0.29, 0.717) is 24.6 Å². The summed E-state index contributed by atoms with van der Waals surface area (Å²) in [5.41, 5.74) is 2.06. The van der Waals surface area contributed by atoms with Gasteiger partial charge < -0.3 is 15.0 Å². The molecule has 2 unspecified atom stereocenters. The molecule has 0 bridgehead atoms. The van der Waals surface area contributed by atoms with Gasteiger partial charge in [-0.05, 0) is 26.0 Å². The molecule has 0 aromatic carbocycles. The number of pyridine rings is 1. The summed E-state index contributed by atoms with van der Waals surface area (Å²) < 4.78 is 7.30. The molecule has 0 radical (unpaired) electrons. The molecule has 1 saturated heterocycles. The molecule has 0 aliphatic carbocycles. The first-order chi connectivity index (χ1) is 13.1. The van der Waals surface area contributed by atoms with E-state index in [2.05, 4.69) is 25.4 Å². The molecule has 4 rings (SSSR count). The molecule has 3 aromatic heterocycles. The Labute approximate surface area is 156 Å². The molecule has 3 aromatic rings. The van der Waals surface area contributed by atoms with Crippen LogP contribution in [0.4, 0.5) is 11.5 Å². The SMILES string of the molecule is CC1CN(C(=O)Cn2cc(Nc3ccc4nccnc4n3)cn2)CC(C)O1. The minimum absolute atomic E-state index is 0.0331. The van der Waals surface area contributed by atoms with Crippen LogP contribution in [-0.2, 0) is 16.1 Å². The second-order valence-electron chi connectivity index (χ2n) is 6.70. The van der Waals surface area contributed by atoms with Gasteiger partial charge in [0, 0.05) is 31.7 Å². The molecule has 1 N–H and O–H groups in total. The Bertz CT molecular complexity index is 948. The number of rotatable bonds is 4. The zero-order chi connectivity index (χ0) is 18.8. The van der Waals surface area contributed by atoms with Gasteiger partial charge in [0.2, 0.25) is 5.91 Å². The van der Waals surface area contributed by atoms with E-state index >= 15 is 0 Å². The van der Waals surface area contributed by atoms with Gasteiger partial charge in [0.25, 0.3) is 0 Å². The van der Waals surface area contributed by atoms with Crippen molar-refractivity contribution in [3.05, 3.63) is 36.9 Å². The third-order valence-corrected chi connectivity index (χ3v) is 4.31. The number of anilines is 2. The van der Waals surface area contributed by atoms with Crippen LogP contribution in [0.1, 0.15) is 13.8 Å². The fraction of sp³-hybridized carbons (Fsp3) is 0.389. The first-order valence-corrected chi connectivity index (χ1v) is 8.87. The third-order valence-electron chi connectivity index (χ3n) is 4.31. The lowest BCUT2D eigenvalue weighted by molar-refractivity contribution is -0.144. The molecule has 1 aliphatic heterocycles. The molecule has 4 heterocycles. The van der Waals surface area contributed by atoms with Crippen LogP contribution in [0.2, 0.25) is 0 Å². The molecular weight excluding hydrogens is 346 g/mol. The Balaban J connectivity index is 1.41. The maximum Gasteiger partial charge on any atom is 0.244 e. The van der Waals surface area contributed by atoms with Crippen molar-refractivity contribution >= 4 is 28.6 Å². The van der Waals surface area contributed by atoms with Gasteiger partial charge in [-0.3, -0.25) is 14.5 Å². The Hall–Kier alpha value is -3.07. The van der Waals surface area contributed by atoms with Crippen molar-refractivity contribution < 1.29 is 9.53 Å². The lowest BCUT2D eigenvalue weighted by Crippen LogP contribution is -2.49. The van der Waals surface area contributed by atoms with Crippen molar-refractivity contribution in [2.24, 2.45) is 0 Å². The van der Waals surface area contributed by atoms with Crippen molar-refractivity contribution in [2.75, 3.05) is 18.4 Å². The zero-order valence-electron chi connectivity index (χ0n) is 15.2. The van der Waals surface area contributed by atoms with Crippen LogP contribution < -0.4 is 5.32 Å². The molecule has 9 nitrogen and oxygen atoms in total. The summed E-state index contributed by atoms with van der Waals surface area (Å²) >= 11 is 0. The van der Waals surface area contributed by atoms with E-state index in [9.17, 15) is 4.79 Å². The largest absolute Gasteiger partial charge is 0.372 e. The van der Waals surface area contributed by atoms with E-state index < -0.39 is 0 Å². The number of morpholine rings is 1. The van der Waals surface area contributed by atoms with E-state index in [1.807, 2.05) is 30.9 Å². The van der Waals surface area contributed by atoms with Crippen molar-refractivity contribution in [2.45, 2.75) is 32.6 Å². The highest BCUT2D eigenvalue weighted by Gasteiger charge is 2.25. The number of ether oxygens (including phenoxy) is 1. The molecule has 2 atom stereocenters.